The molecule has 0 bridgehead atoms. The first kappa shape index (κ1) is 14.4. The molecule has 1 aromatic carbocycles. The Kier molecular flexibility index (Phi) is 4.28. The molecular weight excluding hydrogens is 259 g/mol. The van der Waals surface area contributed by atoms with Crippen molar-refractivity contribution in [2.45, 2.75) is 13.3 Å². The van der Waals surface area contributed by atoms with Gasteiger partial charge in [-0.2, -0.15) is 0 Å². The minimum atomic E-state index is -3.47. The Morgan fingerprint density at radius 2 is 2.06 bits per heavy atom. The van der Waals surface area contributed by atoms with Crippen LogP contribution in [0.3, 0.4) is 0 Å². The molecule has 0 unspecified atom stereocenters. The van der Waals surface area contributed by atoms with Gasteiger partial charge in [-0.25, -0.2) is 12.8 Å². The van der Waals surface area contributed by atoms with Crippen molar-refractivity contribution >= 4 is 27.3 Å². The van der Waals surface area contributed by atoms with Crippen LogP contribution in [-0.2, 0) is 14.8 Å². The number of nitrogens with one attached hydrogen (secondary N) is 1. The third-order valence-corrected chi connectivity index (χ3v) is 3.58. The highest BCUT2D eigenvalue weighted by atomic mass is 32.2. The molecule has 1 amide bonds. The molecule has 0 aromatic heterocycles. The summed E-state index contributed by atoms with van der Waals surface area (Å²) < 4.78 is 37.0. The third kappa shape index (κ3) is 3.43. The predicted molar refractivity (Wildman–Crippen MR) is 68.6 cm³/mol. The van der Waals surface area contributed by atoms with Crippen LogP contribution in [0.25, 0.3) is 0 Å². The monoisotopic (exact) mass is 274 g/mol. The van der Waals surface area contributed by atoms with Crippen LogP contribution < -0.4 is 9.62 Å². The zero-order valence-corrected chi connectivity index (χ0v) is 11.2. The molecule has 1 rings (SSSR count). The number of halogens is 1. The van der Waals surface area contributed by atoms with Crippen molar-refractivity contribution in [3.63, 3.8) is 0 Å². The van der Waals surface area contributed by atoms with Crippen molar-refractivity contribution in [2.24, 2.45) is 0 Å². The Labute approximate surface area is 106 Å². The third-order valence-electron chi connectivity index (χ3n) is 2.39. The number of sulfonamides is 1. The minimum Gasteiger partial charge on any atom is -0.324 e. The summed E-state index contributed by atoms with van der Waals surface area (Å²) in [5.74, 6) is -0.865. The van der Waals surface area contributed by atoms with Crippen molar-refractivity contribution in [3.05, 3.63) is 24.0 Å². The van der Waals surface area contributed by atoms with Crippen molar-refractivity contribution in [3.8, 4) is 0 Å². The highest BCUT2D eigenvalue weighted by Gasteiger charge is 2.17. The Bertz CT molecular complexity index is 557. The molecule has 0 saturated heterocycles. The van der Waals surface area contributed by atoms with Gasteiger partial charge >= 0.3 is 0 Å². The molecule has 0 spiro atoms. The van der Waals surface area contributed by atoms with Gasteiger partial charge in [0.1, 0.15) is 5.82 Å². The Hall–Kier alpha value is -1.63. The van der Waals surface area contributed by atoms with Gasteiger partial charge in [-0.05, 0) is 18.2 Å². The smallest absolute Gasteiger partial charge is 0.232 e. The summed E-state index contributed by atoms with van der Waals surface area (Å²) >= 11 is 0. The number of rotatable bonds is 4. The van der Waals surface area contributed by atoms with Crippen LogP contribution in [0.4, 0.5) is 15.8 Å². The van der Waals surface area contributed by atoms with E-state index in [1.807, 2.05) is 0 Å². The van der Waals surface area contributed by atoms with Gasteiger partial charge in [0.2, 0.25) is 15.9 Å². The molecule has 0 atom stereocenters. The normalized spacial score (nSPS) is 11.1. The van der Waals surface area contributed by atoms with E-state index in [4.69, 9.17) is 0 Å². The number of nitrogens with zero attached hydrogens (tertiary/aromatic N) is 1. The number of benzene rings is 1. The summed E-state index contributed by atoms with van der Waals surface area (Å²) in [6, 6.07) is 3.53. The van der Waals surface area contributed by atoms with Gasteiger partial charge in [0, 0.05) is 13.5 Å². The Morgan fingerprint density at radius 3 is 2.56 bits per heavy atom. The summed E-state index contributed by atoms with van der Waals surface area (Å²) in [7, 11) is -2.14. The predicted octanol–water partition coefficient (Wildman–Crippen LogP) is 1.57. The summed E-state index contributed by atoms with van der Waals surface area (Å²) in [5, 5.41) is 2.47. The quantitative estimate of drug-likeness (QED) is 0.906. The van der Waals surface area contributed by atoms with Crippen LogP contribution in [0.5, 0.6) is 0 Å². The molecule has 0 heterocycles. The average molecular weight is 274 g/mol. The first-order valence-electron chi connectivity index (χ1n) is 5.29. The molecule has 5 nitrogen and oxygen atoms in total. The van der Waals surface area contributed by atoms with Gasteiger partial charge in [-0.3, -0.25) is 9.10 Å². The van der Waals surface area contributed by atoms with Crippen LogP contribution in [0.2, 0.25) is 0 Å². The lowest BCUT2D eigenvalue weighted by Gasteiger charge is -2.20. The van der Waals surface area contributed by atoms with E-state index in [1.165, 1.54) is 13.1 Å². The largest absolute Gasteiger partial charge is 0.324 e. The van der Waals surface area contributed by atoms with Crippen LogP contribution in [0.1, 0.15) is 13.3 Å². The average Bonchev–Trinajstić information content (AvgIpc) is 2.27. The van der Waals surface area contributed by atoms with E-state index >= 15 is 0 Å². The maximum Gasteiger partial charge on any atom is 0.232 e. The lowest BCUT2D eigenvalue weighted by atomic mass is 10.2. The second-order valence-corrected chi connectivity index (χ2v) is 5.81. The zero-order valence-electron chi connectivity index (χ0n) is 10.4. The SMILES string of the molecule is CCC(=O)Nc1cc(F)ccc1N(C)S(C)(=O)=O. The minimum absolute atomic E-state index is 0.134. The highest BCUT2D eigenvalue weighted by molar-refractivity contribution is 7.92. The fourth-order valence-corrected chi connectivity index (χ4v) is 1.82. The standard InChI is InChI=1S/C11H15FN2O3S/c1-4-11(15)13-9-7-8(12)5-6-10(9)14(2)18(3,16)17/h5-7H,4H2,1-3H3,(H,13,15). The summed E-state index contributed by atoms with van der Waals surface area (Å²) in [6.45, 7) is 1.65. The fraction of sp³-hybridized carbons (Fsp3) is 0.364. The van der Waals surface area contributed by atoms with E-state index in [2.05, 4.69) is 5.32 Å². The molecule has 0 aliphatic carbocycles. The van der Waals surface area contributed by atoms with E-state index in [0.717, 1.165) is 22.7 Å². The van der Waals surface area contributed by atoms with Crippen molar-refractivity contribution in [1.29, 1.82) is 0 Å². The van der Waals surface area contributed by atoms with Crippen molar-refractivity contribution < 1.29 is 17.6 Å². The fourth-order valence-electron chi connectivity index (χ4n) is 1.30. The number of anilines is 2. The van der Waals surface area contributed by atoms with Crippen molar-refractivity contribution in [1.82, 2.24) is 0 Å². The highest BCUT2D eigenvalue weighted by Crippen LogP contribution is 2.27. The summed E-state index contributed by atoms with van der Waals surface area (Å²) in [4.78, 5) is 11.3. The van der Waals surface area contributed by atoms with Gasteiger partial charge in [0.15, 0.2) is 0 Å². The molecule has 100 valence electrons. The van der Waals surface area contributed by atoms with Gasteiger partial charge in [-0.1, -0.05) is 6.92 Å². The van der Waals surface area contributed by atoms with Crippen LogP contribution in [0, 0.1) is 5.82 Å². The first-order chi connectivity index (χ1) is 8.25. The van der Waals surface area contributed by atoms with E-state index in [1.54, 1.807) is 6.92 Å². The van der Waals surface area contributed by atoms with Crippen molar-refractivity contribution in [2.75, 3.05) is 22.9 Å². The molecular formula is C11H15FN2O3S. The molecule has 18 heavy (non-hydrogen) atoms. The molecule has 0 radical (unpaired) electrons. The maximum absolute atomic E-state index is 13.1. The number of carbonyl (C=O) groups excluding carboxylic acids is 1. The number of hydrogen-bond acceptors (Lipinski definition) is 3. The second kappa shape index (κ2) is 5.34. The van der Waals surface area contributed by atoms with Gasteiger partial charge in [-0.15, -0.1) is 0 Å². The number of hydrogen-bond donors (Lipinski definition) is 1. The molecule has 0 saturated carbocycles. The van der Waals surface area contributed by atoms with Crippen LogP contribution >= 0.6 is 0 Å². The van der Waals surface area contributed by atoms with Crippen LogP contribution in [0.15, 0.2) is 18.2 Å². The van der Waals surface area contributed by atoms with E-state index in [9.17, 15) is 17.6 Å². The second-order valence-electron chi connectivity index (χ2n) is 3.79. The number of carbonyl (C=O) groups is 1. The van der Waals surface area contributed by atoms with Gasteiger partial charge < -0.3 is 5.32 Å². The van der Waals surface area contributed by atoms with Gasteiger partial charge in [0.05, 0.1) is 17.6 Å². The summed E-state index contributed by atoms with van der Waals surface area (Å²) in [6.07, 6.45) is 1.25. The molecule has 1 aromatic rings. The van der Waals surface area contributed by atoms with E-state index in [-0.39, 0.29) is 23.7 Å². The number of amides is 1. The molecule has 1 N–H and O–H groups in total. The Morgan fingerprint density at radius 1 is 1.44 bits per heavy atom. The summed E-state index contributed by atoms with van der Waals surface area (Å²) in [5.41, 5.74) is 0.357. The molecule has 0 aliphatic heterocycles. The molecule has 7 heteroatoms. The molecule has 0 aliphatic rings. The lowest BCUT2D eigenvalue weighted by Crippen LogP contribution is -2.26. The topological polar surface area (TPSA) is 66.5 Å². The zero-order chi connectivity index (χ0) is 13.9. The Balaban J connectivity index is 3.23. The lowest BCUT2D eigenvalue weighted by molar-refractivity contribution is -0.115. The van der Waals surface area contributed by atoms with Gasteiger partial charge in [0.25, 0.3) is 0 Å². The maximum atomic E-state index is 13.1. The molecule has 0 fully saturated rings. The van der Waals surface area contributed by atoms with E-state index < -0.39 is 15.8 Å². The van der Waals surface area contributed by atoms with E-state index in [0.29, 0.717) is 0 Å². The van der Waals surface area contributed by atoms with Crippen LogP contribution in [-0.4, -0.2) is 27.6 Å². The first-order valence-corrected chi connectivity index (χ1v) is 7.14.